The van der Waals surface area contributed by atoms with E-state index >= 15 is 0 Å². The zero-order valence-corrected chi connectivity index (χ0v) is 13.0. The van der Waals surface area contributed by atoms with Crippen LogP contribution in [0.2, 0.25) is 10.0 Å². The molecule has 0 aliphatic heterocycles. The minimum atomic E-state index is -0.209. The maximum atomic E-state index is 13.0. The molecule has 20 heavy (non-hydrogen) atoms. The van der Waals surface area contributed by atoms with Crippen LogP contribution in [0.1, 0.15) is 30.9 Å². The van der Waals surface area contributed by atoms with Crippen molar-refractivity contribution in [2.24, 2.45) is 5.92 Å². The maximum Gasteiger partial charge on any atom is 0.123 e. The van der Waals surface area contributed by atoms with Crippen molar-refractivity contribution in [2.45, 2.75) is 26.2 Å². The van der Waals surface area contributed by atoms with Crippen molar-refractivity contribution in [2.75, 3.05) is 0 Å². The normalized spacial score (nSPS) is 12.7. The predicted octanol–water partition coefficient (Wildman–Crippen LogP) is 6.11. The highest BCUT2D eigenvalue weighted by atomic mass is 35.5. The molecule has 106 valence electrons. The van der Waals surface area contributed by atoms with Crippen LogP contribution in [0.5, 0.6) is 0 Å². The highest BCUT2D eigenvalue weighted by molar-refractivity contribution is 6.35. The molecule has 3 heteroatoms. The van der Waals surface area contributed by atoms with Crippen LogP contribution in [0, 0.1) is 11.7 Å². The van der Waals surface area contributed by atoms with Gasteiger partial charge in [-0.2, -0.15) is 0 Å². The van der Waals surface area contributed by atoms with Gasteiger partial charge in [0.25, 0.3) is 0 Å². The van der Waals surface area contributed by atoms with E-state index in [1.165, 1.54) is 12.1 Å². The first-order valence-corrected chi connectivity index (χ1v) is 7.42. The molecule has 2 rings (SSSR count). The Kier molecular flexibility index (Phi) is 5.06. The summed E-state index contributed by atoms with van der Waals surface area (Å²) in [7, 11) is 0. The van der Waals surface area contributed by atoms with Gasteiger partial charge in [0.1, 0.15) is 5.82 Å². The molecule has 0 aliphatic carbocycles. The molecule has 0 aromatic heterocycles. The third-order valence-electron chi connectivity index (χ3n) is 3.54. The number of hydrogen-bond donors (Lipinski definition) is 0. The summed E-state index contributed by atoms with van der Waals surface area (Å²) in [5.74, 6) is 0.503. The van der Waals surface area contributed by atoms with E-state index in [0.29, 0.717) is 16.0 Å². The Morgan fingerprint density at radius 1 is 1.00 bits per heavy atom. The van der Waals surface area contributed by atoms with Crippen LogP contribution < -0.4 is 0 Å². The molecule has 1 atom stereocenters. The predicted molar refractivity (Wildman–Crippen MR) is 84.1 cm³/mol. The smallest absolute Gasteiger partial charge is 0.123 e. The molecule has 0 saturated heterocycles. The number of rotatable bonds is 4. The van der Waals surface area contributed by atoms with E-state index in [4.69, 9.17) is 23.2 Å². The van der Waals surface area contributed by atoms with Crippen molar-refractivity contribution in [1.29, 1.82) is 0 Å². The van der Waals surface area contributed by atoms with Crippen molar-refractivity contribution >= 4 is 23.2 Å². The van der Waals surface area contributed by atoms with Gasteiger partial charge in [0.05, 0.1) is 0 Å². The summed E-state index contributed by atoms with van der Waals surface area (Å²) in [5, 5.41) is 1.33. The van der Waals surface area contributed by atoms with Gasteiger partial charge in [-0.3, -0.25) is 0 Å². The second-order valence-electron chi connectivity index (χ2n) is 5.35. The lowest BCUT2D eigenvalue weighted by molar-refractivity contribution is 0.495. The van der Waals surface area contributed by atoms with Crippen LogP contribution in [0.3, 0.4) is 0 Å². The Morgan fingerprint density at radius 2 is 1.65 bits per heavy atom. The summed E-state index contributed by atoms with van der Waals surface area (Å²) in [4.78, 5) is 0. The molecule has 2 aromatic carbocycles. The topological polar surface area (TPSA) is 0 Å². The summed E-state index contributed by atoms with van der Waals surface area (Å²) in [6, 6.07) is 12.3. The van der Waals surface area contributed by atoms with Gasteiger partial charge in [-0.05, 0) is 53.6 Å². The van der Waals surface area contributed by atoms with Gasteiger partial charge in [-0.15, -0.1) is 0 Å². The monoisotopic (exact) mass is 310 g/mol. The first-order chi connectivity index (χ1) is 9.47. The molecule has 0 spiro atoms. The highest BCUT2D eigenvalue weighted by Gasteiger charge is 2.19. The zero-order chi connectivity index (χ0) is 14.7. The first kappa shape index (κ1) is 15.3. The van der Waals surface area contributed by atoms with E-state index in [0.717, 1.165) is 17.5 Å². The van der Waals surface area contributed by atoms with Crippen LogP contribution in [0.15, 0.2) is 42.5 Å². The van der Waals surface area contributed by atoms with E-state index in [9.17, 15) is 4.39 Å². The molecule has 0 saturated carbocycles. The number of benzene rings is 2. The molecule has 0 nitrogen and oxygen atoms in total. The van der Waals surface area contributed by atoms with E-state index in [1.807, 2.05) is 24.3 Å². The fourth-order valence-electron chi connectivity index (χ4n) is 2.38. The molecule has 0 radical (unpaired) electrons. The minimum absolute atomic E-state index is 0.209. The summed E-state index contributed by atoms with van der Waals surface area (Å²) in [6.07, 6.45) is 0.833. The largest absolute Gasteiger partial charge is 0.207 e. The van der Waals surface area contributed by atoms with Crippen LogP contribution >= 0.6 is 23.2 Å². The summed E-state index contributed by atoms with van der Waals surface area (Å²) in [6.45, 7) is 4.33. The average Bonchev–Trinajstić information content (AvgIpc) is 2.39. The Hall–Kier alpha value is -1.05. The van der Waals surface area contributed by atoms with E-state index in [2.05, 4.69) is 13.8 Å². The lowest BCUT2D eigenvalue weighted by Gasteiger charge is -2.23. The summed E-state index contributed by atoms with van der Waals surface area (Å²) < 4.78 is 13.0. The Balaban J connectivity index is 2.29. The molecule has 0 N–H and O–H groups in total. The molecule has 0 fully saturated rings. The van der Waals surface area contributed by atoms with Crippen LogP contribution in [-0.4, -0.2) is 0 Å². The molecule has 0 amide bonds. The Labute approximate surface area is 129 Å². The minimum Gasteiger partial charge on any atom is -0.207 e. The molecule has 2 aromatic rings. The van der Waals surface area contributed by atoms with Gasteiger partial charge in [0.2, 0.25) is 0 Å². The van der Waals surface area contributed by atoms with Crippen molar-refractivity contribution in [3.8, 4) is 0 Å². The Bertz CT molecular complexity index is 576. The molecular weight excluding hydrogens is 294 g/mol. The second kappa shape index (κ2) is 6.60. The van der Waals surface area contributed by atoms with Crippen molar-refractivity contribution in [3.05, 3.63) is 69.5 Å². The van der Waals surface area contributed by atoms with Gasteiger partial charge in [0.15, 0.2) is 0 Å². The summed E-state index contributed by atoms with van der Waals surface area (Å²) in [5.41, 5.74) is 2.20. The maximum absolute atomic E-state index is 13.0. The van der Waals surface area contributed by atoms with Crippen LogP contribution in [-0.2, 0) is 6.42 Å². The van der Waals surface area contributed by atoms with Gasteiger partial charge >= 0.3 is 0 Å². The Morgan fingerprint density at radius 3 is 2.20 bits per heavy atom. The van der Waals surface area contributed by atoms with Gasteiger partial charge in [-0.25, -0.2) is 4.39 Å². The lowest BCUT2D eigenvalue weighted by Crippen LogP contribution is -2.11. The zero-order valence-electron chi connectivity index (χ0n) is 11.5. The quantitative estimate of drug-likeness (QED) is 0.638. The van der Waals surface area contributed by atoms with Crippen LogP contribution in [0.4, 0.5) is 4.39 Å². The molecule has 0 bridgehead atoms. The van der Waals surface area contributed by atoms with Gasteiger partial charge in [0, 0.05) is 10.0 Å². The standard InChI is InChI=1S/C17H17Cl2F/c1-11(2)16(9-12-3-6-14(20)7-4-12)15-8-5-13(18)10-17(15)19/h3-8,10-11,16H,9H2,1-2H3. The third-order valence-corrected chi connectivity index (χ3v) is 4.10. The van der Waals surface area contributed by atoms with E-state index < -0.39 is 0 Å². The van der Waals surface area contributed by atoms with Gasteiger partial charge in [-0.1, -0.05) is 55.2 Å². The molecule has 1 unspecified atom stereocenters. The molecule has 0 heterocycles. The molecule has 0 aliphatic rings. The fraction of sp³-hybridized carbons (Fsp3) is 0.294. The fourth-order valence-corrected chi connectivity index (χ4v) is 2.93. The third kappa shape index (κ3) is 3.74. The van der Waals surface area contributed by atoms with E-state index in [1.54, 1.807) is 6.07 Å². The average molecular weight is 311 g/mol. The first-order valence-electron chi connectivity index (χ1n) is 6.66. The van der Waals surface area contributed by atoms with Crippen molar-refractivity contribution < 1.29 is 4.39 Å². The van der Waals surface area contributed by atoms with Crippen molar-refractivity contribution in [3.63, 3.8) is 0 Å². The van der Waals surface area contributed by atoms with Crippen molar-refractivity contribution in [1.82, 2.24) is 0 Å². The number of hydrogen-bond acceptors (Lipinski definition) is 0. The summed E-state index contributed by atoms with van der Waals surface area (Å²) >= 11 is 12.3. The lowest BCUT2D eigenvalue weighted by atomic mass is 9.83. The SMILES string of the molecule is CC(C)C(Cc1ccc(F)cc1)c1ccc(Cl)cc1Cl. The highest BCUT2D eigenvalue weighted by Crippen LogP contribution is 2.34. The van der Waals surface area contributed by atoms with Gasteiger partial charge < -0.3 is 0 Å². The van der Waals surface area contributed by atoms with Crippen LogP contribution in [0.25, 0.3) is 0 Å². The number of halogens is 3. The van der Waals surface area contributed by atoms with E-state index in [-0.39, 0.29) is 11.7 Å². The molecular formula is C17H17Cl2F. The second-order valence-corrected chi connectivity index (χ2v) is 6.19.